The van der Waals surface area contributed by atoms with Crippen molar-refractivity contribution in [1.82, 2.24) is 4.90 Å². The highest BCUT2D eigenvalue weighted by molar-refractivity contribution is 7.99. The molecule has 1 heterocycles. The van der Waals surface area contributed by atoms with Gasteiger partial charge in [-0.15, -0.1) is 0 Å². The standard InChI is InChI=1S/C15H22N2S/c16-12-15(17-8-10-18-11-9-17)7-3-5-13-4-1-2-6-14(13)15/h1-2,4,6H,3,5,7-12,16H2. The Labute approximate surface area is 114 Å². The van der Waals surface area contributed by atoms with Gasteiger partial charge in [0.2, 0.25) is 0 Å². The first-order valence-electron chi connectivity index (χ1n) is 6.98. The second kappa shape index (κ2) is 5.24. The minimum Gasteiger partial charge on any atom is -0.328 e. The summed E-state index contributed by atoms with van der Waals surface area (Å²) >= 11 is 2.07. The molecule has 2 N–H and O–H groups in total. The van der Waals surface area contributed by atoms with E-state index in [1.807, 2.05) is 0 Å². The maximum atomic E-state index is 6.24. The third-order valence-electron chi connectivity index (χ3n) is 4.51. The molecule has 3 heteroatoms. The number of nitrogens with two attached hydrogens (primary N) is 1. The zero-order chi connectivity index (χ0) is 12.4. The summed E-state index contributed by atoms with van der Waals surface area (Å²) in [6.07, 6.45) is 3.73. The van der Waals surface area contributed by atoms with Gasteiger partial charge in [0.1, 0.15) is 0 Å². The first-order chi connectivity index (χ1) is 8.87. The SMILES string of the molecule is NCC1(N2CCSCC2)CCCc2ccccc21. The van der Waals surface area contributed by atoms with Gasteiger partial charge in [0.15, 0.2) is 0 Å². The maximum absolute atomic E-state index is 6.24. The van der Waals surface area contributed by atoms with E-state index >= 15 is 0 Å². The molecule has 2 aliphatic rings. The number of rotatable bonds is 2. The summed E-state index contributed by atoms with van der Waals surface area (Å²) < 4.78 is 0. The van der Waals surface area contributed by atoms with E-state index in [4.69, 9.17) is 5.73 Å². The zero-order valence-corrected chi connectivity index (χ0v) is 11.7. The summed E-state index contributed by atoms with van der Waals surface area (Å²) in [6, 6.07) is 8.94. The predicted octanol–water partition coefficient (Wildman–Crippen LogP) is 2.23. The molecule has 98 valence electrons. The summed E-state index contributed by atoms with van der Waals surface area (Å²) in [7, 11) is 0. The number of fused-ring (bicyclic) bond motifs is 1. The quantitative estimate of drug-likeness (QED) is 0.886. The van der Waals surface area contributed by atoms with Gasteiger partial charge in [-0.25, -0.2) is 0 Å². The van der Waals surface area contributed by atoms with Gasteiger partial charge in [-0.2, -0.15) is 11.8 Å². The maximum Gasteiger partial charge on any atom is 0.0587 e. The Morgan fingerprint density at radius 1 is 1.22 bits per heavy atom. The van der Waals surface area contributed by atoms with Gasteiger partial charge in [-0.05, 0) is 30.4 Å². The molecule has 1 saturated heterocycles. The minimum absolute atomic E-state index is 0.121. The molecule has 1 unspecified atom stereocenters. The van der Waals surface area contributed by atoms with E-state index < -0.39 is 0 Å². The Kier molecular flexibility index (Phi) is 3.64. The third-order valence-corrected chi connectivity index (χ3v) is 5.45. The topological polar surface area (TPSA) is 29.3 Å². The van der Waals surface area contributed by atoms with Crippen LogP contribution in [0.3, 0.4) is 0 Å². The Hall–Kier alpha value is -0.510. The van der Waals surface area contributed by atoms with Crippen molar-refractivity contribution < 1.29 is 0 Å². The number of benzene rings is 1. The van der Waals surface area contributed by atoms with Gasteiger partial charge in [0, 0.05) is 31.1 Å². The van der Waals surface area contributed by atoms with Crippen molar-refractivity contribution in [1.29, 1.82) is 0 Å². The number of thioether (sulfide) groups is 1. The van der Waals surface area contributed by atoms with E-state index in [-0.39, 0.29) is 5.54 Å². The largest absolute Gasteiger partial charge is 0.328 e. The number of nitrogens with zero attached hydrogens (tertiary/aromatic N) is 1. The van der Waals surface area contributed by atoms with Crippen LogP contribution >= 0.6 is 11.8 Å². The van der Waals surface area contributed by atoms with Gasteiger partial charge in [0.05, 0.1) is 5.54 Å². The van der Waals surface area contributed by atoms with E-state index in [0.29, 0.717) is 0 Å². The lowest BCUT2D eigenvalue weighted by molar-refractivity contribution is 0.0853. The van der Waals surface area contributed by atoms with Crippen molar-refractivity contribution >= 4 is 11.8 Å². The molecule has 1 aromatic carbocycles. The van der Waals surface area contributed by atoms with Gasteiger partial charge in [0.25, 0.3) is 0 Å². The molecule has 1 fully saturated rings. The fraction of sp³-hybridized carbons (Fsp3) is 0.600. The van der Waals surface area contributed by atoms with Crippen LogP contribution in [0.15, 0.2) is 24.3 Å². The molecule has 3 rings (SSSR count). The molecule has 2 nitrogen and oxygen atoms in total. The fourth-order valence-electron chi connectivity index (χ4n) is 3.56. The highest BCUT2D eigenvalue weighted by Gasteiger charge is 2.40. The molecule has 0 bridgehead atoms. The van der Waals surface area contributed by atoms with E-state index in [1.165, 1.54) is 55.0 Å². The van der Waals surface area contributed by atoms with Crippen LogP contribution in [-0.2, 0) is 12.0 Å². The van der Waals surface area contributed by atoms with Crippen molar-refractivity contribution in [3.8, 4) is 0 Å². The van der Waals surface area contributed by atoms with E-state index in [9.17, 15) is 0 Å². The van der Waals surface area contributed by atoms with Gasteiger partial charge < -0.3 is 5.73 Å². The average molecular weight is 262 g/mol. The normalized spacial score (nSPS) is 28.9. The second-order valence-corrected chi connectivity index (χ2v) is 6.57. The van der Waals surface area contributed by atoms with Gasteiger partial charge in [-0.3, -0.25) is 4.90 Å². The summed E-state index contributed by atoms with van der Waals surface area (Å²) in [5.74, 6) is 2.51. The Balaban J connectivity index is 2.01. The summed E-state index contributed by atoms with van der Waals surface area (Å²) in [5.41, 5.74) is 9.38. The predicted molar refractivity (Wildman–Crippen MR) is 79.0 cm³/mol. The van der Waals surface area contributed by atoms with Crippen molar-refractivity contribution in [2.24, 2.45) is 5.73 Å². The van der Waals surface area contributed by atoms with Crippen molar-refractivity contribution in [3.63, 3.8) is 0 Å². The highest BCUT2D eigenvalue weighted by Crippen LogP contribution is 2.40. The Morgan fingerprint density at radius 3 is 2.78 bits per heavy atom. The molecule has 0 saturated carbocycles. The van der Waals surface area contributed by atoms with Gasteiger partial charge >= 0.3 is 0 Å². The molecular formula is C15H22N2S. The molecule has 1 aliphatic carbocycles. The smallest absolute Gasteiger partial charge is 0.0587 e. The lowest BCUT2D eigenvalue weighted by Crippen LogP contribution is -2.55. The lowest BCUT2D eigenvalue weighted by atomic mass is 9.75. The Bertz CT molecular complexity index is 415. The molecule has 0 spiro atoms. The first-order valence-corrected chi connectivity index (χ1v) is 8.13. The molecule has 18 heavy (non-hydrogen) atoms. The van der Waals surface area contributed by atoms with Crippen LogP contribution in [0.5, 0.6) is 0 Å². The van der Waals surface area contributed by atoms with Crippen molar-refractivity contribution in [2.75, 3.05) is 31.1 Å². The van der Waals surface area contributed by atoms with E-state index in [1.54, 1.807) is 0 Å². The highest BCUT2D eigenvalue weighted by atomic mass is 32.2. The van der Waals surface area contributed by atoms with Crippen LogP contribution in [0, 0.1) is 0 Å². The van der Waals surface area contributed by atoms with Crippen LogP contribution in [0.2, 0.25) is 0 Å². The van der Waals surface area contributed by atoms with Gasteiger partial charge in [-0.1, -0.05) is 24.3 Å². The molecule has 0 amide bonds. The molecule has 1 aliphatic heterocycles. The third kappa shape index (κ3) is 1.98. The van der Waals surface area contributed by atoms with E-state index in [2.05, 4.69) is 40.9 Å². The average Bonchev–Trinajstić information content (AvgIpc) is 2.47. The number of aryl methyl sites for hydroxylation is 1. The number of hydrogen-bond acceptors (Lipinski definition) is 3. The molecule has 1 aromatic rings. The summed E-state index contributed by atoms with van der Waals surface area (Å²) in [5, 5.41) is 0. The van der Waals surface area contributed by atoms with Crippen LogP contribution in [0.4, 0.5) is 0 Å². The first kappa shape index (κ1) is 12.5. The van der Waals surface area contributed by atoms with Crippen LogP contribution in [0.25, 0.3) is 0 Å². The molecular weight excluding hydrogens is 240 g/mol. The monoisotopic (exact) mass is 262 g/mol. The lowest BCUT2D eigenvalue weighted by Gasteiger charge is -2.48. The number of hydrogen-bond donors (Lipinski definition) is 1. The van der Waals surface area contributed by atoms with Crippen molar-refractivity contribution in [3.05, 3.63) is 35.4 Å². The minimum atomic E-state index is 0.121. The van der Waals surface area contributed by atoms with Crippen LogP contribution < -0.4 is 5.73 Å². The second-order valence-electron chi connectivity index (χ2n) is 5.35. The molecule has 1 atom stereocenters. The van der Waals surface area contributed by atoms with Crippen LogP contribution in [-0.4, -0.2) is 36.0 Å². The van der Waals surface area contributed by atoms with Crippen LogP contribution in [0.1, 0.15) is 24.0 Å². The Morgan fingerprint density at radius 2 is 2.00 bits per heavy atom. The summed E-state index contributed by atoms with van der Waals surface area (Å²) in [4.78, 5) is 2.65. The summed E-state index contributed by atoms with van der Waals surface area (Å²) in [6.45, 7) is 3.14. The molecule has 0 radical (unpaired) electrons. The van der Waals surface area contributed by atoms with E-state index in [0.717, 1.165) is 6.54 Å². The zero-order valence-electron chi connectivity index (χ0n) is 10.9. The van der Waals surface area contributed by atoms with Crippen molar-refractivity contribution in [2.45, 2.75) is 24.8 Å². The fourth-order valence-corrected chi connectivity index (χ4v) is 4.46. The molecule has 0 aromatic heterocycles.